The Kier molecular flexibility index (Phi) is 6.70. The molecule has 0 aliphatic carbocycles. The first kappa shape index (κ1) is 21.5. The predicted octanol–water partition coefficient (Wildman–Crippen LogP) is 3.56. The number of anilines is 1. The Morgan fingerprint density at radius 2 is 1.72 bits per heavy atom. The molecule has 1 fully saturated rings. The Balaban J connectivity index is 1.46. The van der Waals surface area contributed by atoms with Crippen molar-refractivity contribution in [3.8, 4) is 11.5 Å². The lowest BCUT2D eigenvalue weighted by atomic mass is 9.86. The number of rotatable bonds is 6. The van der Waals surface area contributed by atoms with Gasteiger partial charge in [-0.15, -0.1) is 0 Å². The van der Waals surface area contributed by atoms with Crippen molar-refractivity contribution in [2.45, 2.75) is 39.2 Å². The molecule has 2 N–H and O–H groups in total. The van der Waals surface area contributed by atoms with Crippen LogP contribution in [0.5, 0.6) is 11.5 Å². The number of aryl methyl sites for hydroxylation is 1. The van der Waals surface area contributed by atoms with Crippen LogP contribution in [0.1, 0.15) is 31.9 Å². The minimum atomic E-state index is -0.534. The summed E-state index contributed by atoms with van der Waals surface area (Å²) in [6.45, 7) is 12.9. The van der Waals surface area contributed by atoms with Crippen LogP contribution in [-0.2, 0) is 5.41 Å². The molecule has 1 saturated heterocycles. The SMILES string of the molecule is Cc1cc(C(C)(C)C)ccc1OCC(O)CN1CCN(c2ccccc2O)CC1. The molecule has 29 heavy (non-hydrogen) atoms. The van der Waals surface area contributed by atoms with Gasteiger partial charge in [0.2, 0.25) is 0 Å². The number of aromatic hydroxyl groups is 1. The summed E-state index contributed by atoms with van der Waals surface area (Å²) in [7, 11) is 0. The third kappa shape index (κ3) is 5.64. The zero-order valence-corrected chi connectivity index (χ0v) is 18.1. The van der Waals surface area contributed by atoms with Crippen LogP contribution in [0, 0.1) is 6.92 Å². The van der Waals surface area contributed by atoms with Crippen LogP contribution in [0.15, 0.2) is 42.5 Å². The number of aliphatic hydroxyl groups excluding tert-OH is 1. The minimum Gasteiger partial charge on any atom is -0.506 e. The van der Waals surface area contributed by atoms with E-state index in [1.54, 1.807) is 6.07 Å². The van der Waals surface area contributed by atoms with Crippen molar-refractivity contribution in [1.82, 2.24) is 4.90 Å². The molecule has 1 unspecified atom stereocenters. The number of para-hydroxylation sites is 2. The van der Waals surface area contributed by atoms with Crippen molar-refractivity contribution < 1.29 is 14.9 Å². The second-order valence-electron chi connectivity index (χ2n) is 8.97. The molecule has 5 nitrogen and oxygen atoms in total. The summed E-state index contributed by atoms with van der Waals surface area (Å²) in [5, 5.41) is 20.5. The smallest absolute Gasteiger partial charge is 0.138 e. The summed E-state index contributed by atoms with van der Waals surface area (Å²) in [5.74, 6) is 1.16. The van der Waals surface area contributed by atoms with Crippen molar-refractivity contribution in [2.75, 3.05) is 44.2 Å². The first-order valence-electron chi connectivity index (χ1n) is 10.4. The largest absolute Gasteiger partial charge is 0.506 e. The maximum absolute atomic E-state index is 10.4. The highest BCUT2D eigenvalue weighted by atomic mass is 16.5. The molecule has 0 amide bonds. The number of phenolic OH excluding ortho intramolecular Hbond substituents is 1. The van der Waals surface area contributed by atoms with Gasteiger partial charge in [-0.3, -0.25) is 4.90 Å². The highest BCUT2D eigenvalue weighted by molar-refractivity contribution is 5.57. The average molecular weight is 399 g/mol. The molecule has 3 rings (SSSR count). The zero-order valence-electron chi connectivity index (χ0n) is 18.1. The van der Waals surface area contributed by atoms with Crippen molar-refractivity contribution in [1.29, 1.82) is 0 Å². The third-order valence-corrected chi connectivity index (χ3v) is 5.54. The fraction of sp³-hybridized carbons (Fsp3) is 0.500. The van der Waals surface area contributed by atoms with Crippen LogP contribution in [0.3, 0.4) is 0 Å². The molecule has 0 saturated carbocycles. The molecule has 1 aliphatic heterocycles. The number of aliphatic hydroxyl groups is 1. The predicted molar refractivity (Wildman–Crippen MR) is 118 cm³/mol. The monoisotopic (exact) mass is 398 g/mol. The highest BCUT2D eigenvalue weighted by Crippen LogP contribution is 2.28. The molecule has 1 heterocycles. The number of phenols is 1. The minimum absolute atomic E-state index is 0.113. The molecule has 0 bridgehead atoms. The summed E-state index contributed by atoms with van der Waals surface area (Å²) < 4.78 is 5.89. The average Bonchev–Trinajstić information content (AvgIpc) is 2.67. The summed E-state index contributed by atoms with van der Waals surface area (Å²) >= 11 is 0. The topological polar surface area (TPSA) is 56.2 Å². The van der Waals surface area contributed by atoms with Gasteiger partial charge in [-0.1, -0.05) is 45.0 Å². The number of β-amino-alcohol motifs (C(OH)–C–C–N with tert-alkyl or cyclic N) is 1. The van der Waals surface area contributed by atoms with Crippen molar-refractivity contribution >= 4 is 5.69 Å². The highest BCUT2D eigenvalue weighted by Gasteiger charge is 2.21. The number of ether oxygens (including phenoxy) is 1. The normalized spacial score (nSPS) is 16.7. The van der Waals surface area contributed by atoms with E-state index in [1.807, 2.05) is 24.3 Å². The van der Waals surface area contributed by atoms with E-state index in [9.17, 15) is 10.2 Å². The lowest BCUT2D eigenvalue weighted by Crippen LogP contribution is -2.49. The maximum Gasteiger partial charge on any atom is 0.138 e. The molecule has 5 heteroatoms. The van der Waals surface area contributed by atoms with Crippen molar-refractivity contribution in [3.63, 3.8) is 0 Å². The molecular weight excluding hydrogens is 364 g/mol. The van der Waals surface area contributed by atoms with Gasteiger partial charge in [-0.2, -0.15) is 0 Å². The summed E-state index contributed by atoms with van der Waals surface area (Å²) in [5.41, 5.74) is 3.37. The van der Waals surface area contributed by atoms with Crippen LogP contribution in [0.25, 0.3) is 0 Å². The van der Waals surface area contributed by atoms with Gasteiger partial charge in [0.15, 0.2) is 0 Å². The van der Waals surface area contributed by atoms with Crippen LogP contribution in [0.2, 0.25) is 0 Å². The summed E-state index contributed by atoms with van der Waals surface area (Å²) in [6, 6.07) is 13.7. The Morgan fingerprint density at radius 1 is 1.03 bits per heavy atom. The van der Waals surface area contributed by atoms with E-state index in [1.165, 1.54) is 5.56 Å². The Morgan fingerprint density at radius 3 is 2.34 bits per heavy atom. The Hall–Kier alpha value is -2.24. The van der Waals surface area contributed by atoms with Gasteiger partial charge in [0, 0.05) is 32.7 Å². The first-order valence-corrected chi connectivity index (χ1v) is 10.4. The standard InChI is InChI=1S/C24H34N2O3/c1-18-15-19(24(2,3)4)9-10-23(18)29-17-20(27)16-25-11-13-26(14-12-25)21-7-5-6-8-22(21)28/h5-10,15,20,27-28H,11-14,16-17H2,1-4H3. The fourth-order valence-corrected chi connectivity index (χ4v) is 3.72. The van der Waals surface area contributed by atoms with E-state index in [2.05, 4.69) is 49.6 Å². The van der Waals surface area contributed by atoms with Gasteiger partial charge in [0.25, 0.3) is 0 Å². The summed E-state index contributed by atoms with van der Waals surface area (Å²) in [4.78, 5) is 4.44. The lowest BCUT2D eigenvalue weighted by molar-refractivity contribution is 0.0660. The van der Waals surface area contributed by atoms with E-state index in [4.69, 9.17) is 4.74 Å². The van der Waals surface area contributed by atoms with Crippen LogP contribution in [0.4, 0.5) is 5.69 Å². The number of piperazine rings is 1. The van der Waals surface area contributed by atoms with Gasteiger partial charge in [-0.25, -0.2) is 0 Å². The van der Waals surface area contributed by atoms with Gasteiger partial charge < -0.3 is 19.8 Å². The van der Waals surface area contributed by atoms with Gasteiger partial charge in [-0.05, 0) is 41.7 Å². The number of hydrogen-bond acceptors (Lipinski definition) is 5. The van der Waals surface area contributed by atoms with Gasteiger partial charge in [0.1, 0.15) is 24.2 Å². The molecule has 2 aromatic carbocycles. The number of benzene rings is 2. The van der Waals surface area contributed by atoms with Crippen molar-refractivity contribution in [3.05, 3.63) is 53.6 Å². The number of nitrogens with zero attached hydrogens (tertiary/aromatic N) is 2. The van der Waals surface area contributed by atoms with Crippen molar-refractivity contribution in [2.24, 2.45) is 0 Å². The van der Waals surface area contributed by atoms with E-state index >= 15 is 0 Å². The van der Waals surface area contributed by atoms with Crippen LogP contribution < -0.4 is 9.64 Å². The molecule has 2 aromatic rings. The van der Waals surface area contributed by atoms with E-state index < -0.39 is 6.10 Å². The molecule has 0 spiro atoms. The number of hydrogen-bond donors (Lipinski definition) is 2. The van der Waals surface area contributed by atoms with Crippen LogP contribution >= 0.6 is 0 Å². The van der Waals surface area contributed by atoms with E-state index in [-0.39, 0.29) is 12.0 Å². The van der Waals surface area contributed by atoms with Gasteiger partial charge >= 0.3 is 0 Å². The lowest BCUT2D eigenvalue weighted by Gasteiger charge is -2.37. The maximum atomic E-state index is 10.4. The van der Waals surface area contributed by atoms with E-state index in [0.717, 1.165) is 43.2 Å². The Bertz CT molecular complexity index is 808. The van der Waals surface area contributed by atoms with E-state index in [0.29, 0.717) is 12.3 Å². The first-order chi connectivity index (χ1) is 13.7. The molecule has 0 radical (unpaired) electrons. The summed E-state index contributed by atoms with van der Waals surface area (Å²) in [6.07, 6.45) is -0.534. The zero-order chi connectivity index (χ0) is 21.0. The second kappa shape index (κ2) is 9.06. The molecule has 1 aliphatic rings. The third-order valence-electron chi connectivity index (χ3n) is 5.54. The Labute approximate surface area is 174 Å². The van der Waals surface area contributed by atoms with Gasteiger partial charge in [0.05, 0.1) is 5.69 Å². The second-order valence-corrected chi connectivity index (χ2v) is 8.97. The fourth-order valence-electron chi connectivity index (χ4n) is 3.72. The molecule has 0 aromatic heterocycles. The molecular formula is C24H34N2O3. The van der Waals surface area contributed by atoms with Crippen LogP contribution in [-0.4, -0.2) is 60.5 Å². The molecule has 158 valence electrons. The quantitative estimate of drug-likeness (QED) is 0.779. The molecule has 1 atom stereocenters.